The van der Waals surface area contributed by atoms with E-state index in [9.17, 15) is 19.7 Å². The van der Waals surface area contributed by atoms with Crippen molar-refractivity contribution in [1.29, 1.82) is 0 Å². The number of β-lactam (4-membered cyclic amide) rings is 1. The summed E-state index contributed by atoms with van der Waals surface area (Å²) in [6.07, 6.45) is 0. The molecule has 10 heteroatoms. The van der Waals surface area contributed by atoms with Gasteiger partial charge in [0.25, 0.3) is 5.69 Å². The molecule has 2 aliphatic rings. The number of hydrogen-bond acceptors (Lipinski definition) is 8. The third-order valence-electron chi connectivity index (χ3n) is 4.10. The molecule has 0 aliphatic carbocycles. The fourth-order valence-electron chi connectivity index (χ4n) is 2.83. The summed E-state index contributed by atoms with van der Waals surface area (Å²) in [6, 6.07) is 5.64. The van der Waals surface area contributed by atoms with Crippen LogP contribution in [0, 0.1) is 10.1 Å². The largest absolute Gasteiger partial charge is 0.455 e. The van der Waals surface area contributed by atoms with Gasteiger partial charge in [0.2, 0.25) is 5.91 Å². The highest BCUT2D eigenvalue weighted by Gasteiger charge is 2.53. The van der Waals surface area contributed by atoms with Crippen molar-refractivity contribution >= 4 is 41.3 Å². The Morgan fingerprint density at radius 3 is 2.57 bits per heavy atom. The number of nitrogens with zero attached hydrogens (tertiary/aromatic N) is 2. The van der Waals surface area contributed by atoms with Crippen LogP contribution in [-0.4, -0.2) is 44.5 Å². The Morgan fingerprint density at radius 1 is 1.36 bits per heavy atom. The van der Waals surface area contributed by atoms with Gasteiger partial charge in [-0.3, -0.25) is 19.8 Å². The minimum atomic E-state index is -0.637. The fourth-order valence-corrected chi connectivity index (χ4v) is 4.98. The molecule has 0 radical (unpaired) electrons. The normalized spacial score (nSPS) is 21.9. The van der Waals surface area contributed by atoms with E-state index in [0.29, 0.717) is 11.4 Å². The molecule has 3 rings (SSSR count). The number of non-ortho nitro benzene ring substituents is 1. The maximum Gasteiger partial charge on any atom is 0.355 e. The quantitative estimate of drug-likeness (QED) is 0.253. The lowest BCUT2D eigenvalue weighted by molar-refractivity contribution is -0.384. The summed E-state index contributed by atoms with van der Waals surface area (Å²) in [5.41, 5.74) is 0.537. The van der Waals surface area contributed by atoms with Crippen molar-refractivity contribution in [2.75, 3.05) is 5.75 Å². The monoisotopic (exact) mass is 423 g/mol. The van der Waals surface area contributed by atoms with Gasteiger partial charge < -0.3 is 4.74 Å². The highest BCUT2D eigenvalue weighted by molar-refractivity contribution is 8.00. The first kappa shape index (κ1) is 20.7. The van der Waals surface area contributed by atoms with E-state index in [2.05, 4.69) is 4.72 Å². The second kappa shape index (κ2) is 7.76. The van der Waals surface area contributed by atoms with E-state index in [4.69, 9.17) is 4.74 Å². The number of thioether (sulfide) groups is 1. The van der Waals surface area contributed by atoms with Crippen LogP contribution in [0.1, 0.15) is 27.7 Å². The predicted molar refractivity (Wildman–Crippen MR) is 108 cm³/mol. The van der Waals surface area contributed by atoms with Crippen molar-refractivity contribution < 1.29 is 19.2 Å². The van der Waals surface area contributed by atoms with Crippen LogP contribution < -0.4 is 4.72 Å². The number of benzene rings is 1. The number of ether oxygens (including phenoxy) is 1. The van der Waals surface area contributed by atoms with Crippen molar-refractivity contribution in [2.45, 2.75) is 49.6 Å². The van der Waals surface area contributed by atoms with Gasteiger partial charge in [0.05, 0.1) is 4.92 Å². The third-order valence-corrected chi connectivity index (χ3v) is 6.41. The van der Waals surface area contributed by atoms with E-state index in [-0.39, 0.29) is 17.0 Å². The topological polar surface area (TPSA) is 102 Å². The van der Waals surface area contributed by atoms with Gasteiger partial charge in [-0.15, -0.1) is 11.8 Å². The zero-order valence-electron chi connectivity index (χ0n) is 15.9. The zero-order valence-corrected chi connectivity index (χ0v) is 17.6. The highest BCUT2D eigenvalue weighted by atomic mass is 32.2. The van der Waals surface area contributed by atoms with Crippen molar-refractivity contribution in [3.63, 3.8) is 0 Å². The van der Waals surface area contributed by atoms with Gasteiger partial charge in [-0.1, -0.05) is 0 Å². The molecule has 0 bridgehead atoms. The molecular formula is C18H21N3O5S2. The van der Waals surface area contributed by atoms with Crippen LogP contribution in [-0.2, 0) is 14.3 Å². The average molecular weight is 424 g/mol. The maximum atomic E-state index is 12.7. The Kier molecular flexibility index (Phi) is 5.74. The van der Waals surface area contributed by atoms with Crippen molar-refractivity contribution in [3.8, 4) is 0 Å². The third kappa shape index (κ3) is 4.18. The van der Waals surface area contributed by atoms with Crippen molar-refractivity contribution in [3.05, 3.63) is 45.6 Å². The molecule has 0 aromatic heterocycles. The van der Waals surface area contributed by atoms with Gasteiger partial charge in [0, 0.05) is 22.8 Å². The van der Waals surface area contributed by atoms with Crippen molar-refractivity contribution in [2.24, 2.45) is 0 Å². The summed E-state index contributed by atoms with van der Waals surface area (Å²) in [6.45, 7) is 7.21. The molecule has 0 saturated carbocycles. The van der Waals surface area contributed by atoms with Gasteiger partial charge in [-0.05, 0) is 57.3 Å². The van der Waals surface area contributed by atoms with Crippen LogP contribution in [0.15, 0.2) is 40.4 Å². The van der Waals surface area contributed by atoms with Gasteiger partial charge in [-0.25, -0.2) is 9.52 Å². The average Bonchev–Trinajstić information content (AvgIpc) is 2.60. The van der Waals surface area contributed by atoms with E-state index in [0.717, 1.165) is 10.5 Å². The molecule has 1 fully saturated rings. The summed E-state index contributed by atoms with van der Waals surface area (Å²) in [5.74, 6) is -0.0272. The van der Waals surface area contributed by atoms with Crippen LogP contribution in [0.2, 0.25) is 0 Å². The summed E-state index contributed by atoms with van der Waals surface area (Å²) in [7, 11) is 0. The van der Waals surface area contributed by atoms with Gasteiger partial charge in [-0.2, -0.15) is 0 Å². The van der Waals surface area contributed by atoms with E-state index in [1.54, 1.807) is 44.7 Å². The molecule has 150 valence electrons. The molecule has 0 spiro atoms. The van der Waals surface area contributed by atoms with E-state index < -0.39 is 22.5 Å². The molecule has 1 aromatic rings. The molecule has 1 N–H and O–H groups in total. The van der Waals surface area contributed by atoms with Crippen LogP contribution in [0.25, 0.3) is 0 Å². The van der Waals surface area contributed by atoms with Crippen LogP contribution in [0.5, 0.6) is 0 Å². The molecule has 2 aliphatic heterocycles. The Hall–Kier alpha value is -2.04. The molecule has 1 amide bonds. The van der Waals surface area contributed by atoms with E-state index in [1.165, 1.54) is 29.0 Å². The Bertz CT molecular complexity index is 848. The number of nitrogens with one attached hydrogen (secondary N) is 1. The second-order valence-electron chi connectivity index (χ2n) is 7.49. The smallest absolute Gasteiger partial charge is 0.355 e. The second-order valence-corrected chi connectivity index (χ2v) is 9.51. The lowest BCUT2D eigenvalue weighted by Crippen LogP contribution is -2.68. The number of nitro groups is 1. The number of hydrogen-bond donors (Lipinski definition) is 1. The summed E-state index contributed by atoms with van der Waals surface area (Å²) in [4.78, 5) is 37.8. The number of nitro benzene ring substituents is 1. The van der Waals surface area contributed by atoms with Crippen LogP contribution in [0.3, 0.4) is 0 Å². The molecule has 1 aromatic carbocycles. The summed E-state index contributed by atoms with van der Waals surface area (Å²) >= 11 is 2.83. The lowest BCUT2D eigenvalue weighted by Gasteiger charge is -2.49. The highest BCUT2D eigenvalue weighted by Crippen LogP contribution is 2.41. The molecule has 0 unspecified atom stereocenters. The minimum Gasteiger partial charge on any atom is -0.455 e. The Balaban J connectivity index is 1.66. The zero-order chi connectivity index (χ0) is 20.6. The molecule has 8 nitrogen and oxygen atoms in total. The molecular weight excluding hydrogens is 402 g/mol. The van der Waals surface area contributed by atoms with Crippen LogP contribution >= 0.6 is 23.7 Å². The number of amides is 1. The molecule has 2 heterocycles. The number of carbonyl (C=O) groups is 2. The number of esters is 1. The minimum absolute atomic E-state index is 0.0145. The van der Waals surface area contributed by atoms with Gasteiger partial charge in [0.1, 0.15) is 22.7 Å². The van der Waals surface area contributed by atoms with Crippen LogP contribution in [0.4, 0.5) is 5.69 Å². The first-order chi connectivity index (χ1) is 13.1. The van der Waals surface area contributed by atoms with Crippen molar-refractivity contribution in [1.82, 2.24) is 9.62 Å². The Morgan fingerprint density at radius 2 is 2.00 bits per heavy atom. The molecule has 1 saturated heterocycles. The lowest BCUT2D eigenvalue weighted by atomic mass is 10.0. The summed E-state index contributed by atoms with van der Waals surface area (Å²) in [5, 5.41) is 10.5. The van der Waals surface area contributed by atoms with Gasteiger partial charge in [0.15, 0.2) is 0 Å². The SMILES string of the molecule is CC1=C(C(=O)OC(C)(C)C)N2C(=O)[C@@H](NSc3ccc([N+](=O)[O-])cc3)[C@H]2SC1. The molecule has 2 atom stereocenters. The van der Waals surface area contributed by atoms with E-state index >= 15 is 0 Å². The summed E-state index contributed by atoms with van der Waals surface area (Å²) < 4.78 is 8.58. The Labute approximate surface area is 171 Å². The maximum absolute atomic E-state index is 12.7. The first-order valence-corrected chi connectivity index (χ1v) is 10.5. The fraction of sp³-hybridized carbons (Fsp3) is 0.444. The van der Waals surface area contributed by atoms with Gasteiger partial charge >= 0.3 is 5.97 Å². The van der Waals surface area contributed by atoms with E-state index in [1.807, 2.05) is 6.92 Å². The number of carbonyl (C=O) groups excluding carboxylic acids is 2. The number of fused-ring (bicyclic) bond motifs is 1. The predicted octanol–water partition coefficient (Wildman–Crippen LogP) is 3.09. The number of rotatable bonds is 5. The standard InChI is InChI=1S/C18H21N3O5S2/c1-10-9-27-16-13(19-28-12-7-5-11(6-8-12)21(24)25)15(22)20(16)14(10)17(23)26-18(2,3)4/h5-8,13,16,19H,9H2,1-4H3/t13-,16-/m1/s1. The molecule has 28 heavy (non-hydrogen) atoms. The first-order valence-electron chi connectivity index (χ1n) is 8.63.